The molecular weight excluding hydrogens is 408 g/mol. The number of rotatable bonds is 5. The molecule has 1 heterocycles. The van der Waals surface area contributed by atoms with Crippen LogP contribution in [0.1, 0.15) is 41.0 Å². The van der Waals surface area contributed by atoms with Gasteiger partial charge in [0.05, 0.1) is 11.6 Å². The standard InChI is InChI=1S/C26H23ClN2O2/c1-3-23(18-9-5-4-6-10-18)28-25(30)24-17(2)29(20-15-13-19(27)14-16-20)26(31)22-12-8-7-11-21(22)24/h4-16,23H,3H2,1-2H3,(H,28,30)/t23-/m0/s1. The van der Waals surface area contributed by atoms with Gasteiger partial charge < -0.3 is 5.32 Å². The summed E-state index contributed by atoms with van der Waals surface area (Å²) in [4.78, 5) is 26.8. The van der Waals surface area contributed by atoms with Gasteiger partial charge in [-0.1, -0.05) is 67.1 Å². The number of carbonyl (C=O) groups excluding carboxylic acids is 1. The van der Waals surface area contributed by atoms with Gasteiger partial charge >= 0.3 is 0 Å². The zero-order valence-electron chi connectivity index (χ0n) is 17.4. The molecule has 4 nitrogen and oxygen atoms in total. The molecule has 5 heteroatoms. The third kappa shape index (κ3) is 3.99. The predicted octanol–water partition coefficient (Wildman–Crippen LogP) is 5.83. The molecule has 1 N–H and O–H groups in total. The van der Waals surface area contributed by atoms with Crippen LogP contribution in [0.3, 0.4) is 0 Å². The highest BCUT2D eigenvalue weighted by atomic mass is 35.5. The van der Waals surface area contributed by atoms with Crippen LogP contribution in [-0.4, -0.2) is 10.5 Å². The van der Waals surface area contributed by atoms with Gasteiger partial charge in [0.15, 0.2) is 0 Å². The zero-order valence-corrected chi connectivity index (χ0v) is 18.2. The largest absolute Gasteiger partial charge is 0.345 e. The van der Waals surface area contributed by atoms with Crippen molar-refractivity contribution in [2.75, 3.05) is 0 Å². The number of nitrogens with zero attached hydrogens (tertiary/aromatic N) is 1. The molecule has 0 saturated heterocycles. The predicted molar refractivity (Wildman–Crippen MR) is 126 cm³/mol. The quantitative estimate of drug-likeness (QED) is 0.432. The number of halogens is 1. The van der Waals surface area contributed by atoms with Crippen LogP contribution >= 0.6 is 11.6 Å². The summed E-state index contributed by atoms with van der Waals surface area (Å²) in [7, 11) is 0. The number of nitrogens with one attached hydrogen (secondary N) is 1. The van der Waals surface area contributed by atoms with Gasteiger partial charge in [-0.3, -0.25) is 14.2 Å². The number of carbonyl (C=O) groups is 1. The Hall–Kier alpha value is -3.37. The summed E-state index contributed by atoms with van der Waals surface area (Å²) < 4.78 is 1.58. The first-order chi connectivity index (χ1) is 15.0. The molecule has 1 amide bonds. The number of fused-ring (bicyclic) bond motifs is 1. The molecule has 4 rings (SSSR count). The van der Waals surface area contributed by atoms with E-state index in [2.05, 4.69) is 5.32 Å². The van der Waals surface area contributed by atoms with Crippen LogP contribution < -0.4 is 10.9 Å². The second-order valence-electron chi connectivity index (χ2n) is 7.47. The molecule has 0 spiro atoms. The number of benzene rings is 3. The van der Waals surface area contributed by atoms with E-state index in [1.165, 1.54) is 0 Å². The maximum absolute atomic E-state index is 13.5. The van der Waals surface area contributed by atoms with Gasteiger partial charge in [-0.15, -0.1) is 0 Å². The molecule has 1 aromatic heterocycles. The summed E-state index contributed by atoms with van der Waals surface area (Å²) in [6.45, 7) is 3.85. The van der Waals surface area contributed by atoms with Crippen LogP contribution in [0.25, 0.3) is 16.5 Å². The lowest BCUT2D eigenvalue weighted by Crippen LogP contribution is -2.32. The van der Waals surface area contributed by atoms with E-state index < -0.39 is 0 Å². The lowest BCUT2D eigenvalue weighted by atomic mass is 10.0. The van der Waals surface area contributed by atoms with Gasteiger partial charge in [0.2, 0.25) is 0 Å². The van der Waals surface area contributed by atoms with Gasteiger partial charge in [0.25, 0.3) is 11.5 Å². The number of aromatic nitrogens is 1. The molecule has 156 valence electrons. The Morgan fingerprint density at radius 1 is 0.935 bits per heavy atom. The van der Waals surface area contributed by atoms with E-state index >= 15 is 0 Å². The third-order valence-corrected chi connectivity index (χ3v) is 5.81. The maximum atomic E-state index is 13.5. The van der Waals surface area contributed by atoms with Crippen molar-refractivity contribution in [2.24, 2.45) is 0 Å². The van der Waals surface area contributed by atoms with Gasteiger partial charge in [0, 0.05) is 27.2 Å². The first-order valence-electron chi connectivity index (χ1n) is 10.3. The van der Waals surface area contributed by atoms with Crippen molar-refractivity contribution in [1.82, 2.24) is 9.88 Å². The molecule has 0 aliphatic rings. The van der Waals surface area contributed by atoms with Crippen LogP contribution in [0.15, 0.2) is 83.7 Å². The van der Waals surface area contributed by atoms with Gasteiger partial charge in [-0.05, 0) is 49.2 Å². The molecule has 4 aromatic rings. The fourth-order valence-corrected chi connectivity index (χ4v) is 4.12. The van der Waals surface area contributed by atoms with E-state index in [1.807, 2.05) is 55.5 Å². The van der Waals surface area contributed by atoms with Crippen molar-refractivity contribution >= 4 is 28.3 Å². The van der Waals surface area contributed by atoms with E-state index in [9.17, 15) is 9.59 Å². The lowest BCUT2D eigenvalue weighted by molar-refractivity contribution is 0.0936. The van der Waals surface area contributed by atoms with Gasteiger partial charge in [0.1, 0.15) is 0 Å². The Kier molecular flexibility index (Phi) is 5.92. The topological polar surface area (TPSA) is 51.1 Å². The fraction of sp³-hybridized carbons (Fsp3) is 0.154. The van der Waals surface area contributed by atoms with Crippen molar-refractivity contribution in [3.63, 3.8) is 0 Å². The molecule has 0 unspecified atom stereocenters. The van der Waals surface area contributed by atoms with Crippen LogP contribution in [0.2, 0.25) is 5.02 Å². The second-order valence-corrected chi connectivity index (χ2v) is 7.90. The highest BCUT2D eigenvalue weighted by Gasteiger charge is 2.22. The summed E-state index contributed by atoms with van der Waals surface area (Å²) in [5.74, 6) is -0.202. The van der Waals surface area contributed by atoms with E-state index in [4.69, 9.17) is 11.6 Å². The molecule has 0 saturated carbocycles. The normalized spacial score (nSPS) is 12.0. The molecule has 3 aromatic carbocycles. The summed E-state index contributed by atoms with van der Waals surface area (Å²) in [6.07, 6.45) is 0.754. The summed E-state index contributed by atoms with van der Waals surface area (Å²) in [5, 5.41) is 4.90. The Morgan fingerprint density at radius 2 is 1.55 bits per heavy atom. The zero-order chi connectivity index (χ0) is 22.0. The first kappa shape index (κ1) is 20.9. The Bertz CT molecular complexity index is 1300. The summed E-state index contributed by atoms with van der Waals surface area (Å²) in [5.41, 5.74) is 2.64. The minimum absolute atomic E-state index is 0.122. The number of hydrogen-bond acceptors (Lipinski definition) is 2. The lowest BCUT2D eigenvalue weighted by Gasteiger charge is -2.21. The summed E-state index contributed by atoms with van der Waals surface area (Å²) in [6, 6.07) is 24.1. The minimum atomic E-state index is -0.202. The monoisotopic (exact) mass is 430 g/mol. The van der Waals surface area contributed by atoms with Crippen molar-refractivity contribution in [2.45, 2.75) is 26.3 Å². The molecule has 1 atom stereocenters. The number of amides is 1. The highest BCUT2D eigenvalue weighted by Crippen LogP contribution is 2.24. The molecule has 0 bridgehead atoms. The SMILES string of the molecule is CC[C@H](NC(=O)c1c(C)n(-c2ccc(Cl)cc2)c(=O)c2ccccc12)c1ccccc1. The smallest absolute Gasteiger partial charge is 0.263 e. The van der Waals surface area contributed by atoms with Crippen molar-refractivity contribution in [1.29, 1.82) is 0 Å². The van der Waals surface area contributed by atoms with Crippen molar-refractivity contribution < 1.29 is 4.79 Å². The highest BCUT2D eigenvalue weighted by molar-refractivity contribution is 6.30. The minimum Gasteiger partial charge on any atom is -0.345 e. The van der Waals surface area contributed by atoms with Crippen LogP contribution in [0, 0.1) is 6.92 Å². The first-order valence-corrected chi connectivity index (χ1v) is 10.6. The van der Waals surface area contributed by atoms with E-state index in [0.717, 1.165) is 12.0 Å². The van der Waals surface area contributed by atoms with Crippen LogP contribution in [0.5, 0.6) is 0 Å². The maximum Gasteiger partial charge on any atom is 0.263 e. The third-order valence-electron chi connectivity index (χ3n) is 5.55. The van der Waals surface area contributed by atoms with Crippen LogP contribution in [0.4, 0.5) is 0 Å². The van der Waals surface area contributed by atoms with E-state index in [1.54, 1.807) is 41.8 Å². The second kappa shape index (κ2) is 8.78. The van der Waals surface area contributed by atoms with E-state index in [-0.39, 0.29) is 17.5 Å². The Balaban J connectivity index is 1.88. The van der Waals surface area contributed by atoms with Gasteiger partial charge in [-0.2, -0.15) is 0 Å². The van der Waals surface area contributed by atoms with Crippen molar-refractivity contribution in [3.05, 3.63) is 111 Å². The average Bonchev–Trinajstić information content (AvgIpc) is 2.79. The fourth-order valence-electron chi connectivity index (χ4n) is 3.99. The average molecular weight is 431 g/mol. The number of pyridine rings is 1. The molecule has 31 heavy (non-hydrogen) atoms. The summed E-state index contributed by atoms with van der Waals surface area (Å²) >= 11 is 6.04. The van der Waals surface area contributed by atoms with Gasteiger partial charge in [-0.25, -0.2) is 0 Å². The molecule has 0 aliphatic carbocycles. The molecular formula is C26H23ClN2O2. The molecule has 0 fully saturated rings. The Labute approximate surface area is 186 Å². The van der Waals surface area contributed by atoms with Crippen molar-refractivity contribution in [3.8, 4) is 5.69 Å². The van der Waals surface area contributed by atoms with E-state index in [0.29, 0.717) is 32.7 Å². The molecule has 0 radical (unpaired) electrons. The Morgan fingerprint density at radius 3 is 2.19 bits per heavy atom. The molecule has 0 aliphatic heterocycles. The number of hydrogen-bond donors (Lipinski definition) is 1. The van der Waals surface area contributed by atoms with Crippen LogP contribution in [-0.2, 0) is 0 Å².